The van der Waals surface area contributed by atoms with Gasteiger partial charge in [0.05, 0.1) is 12.7 Å². The molecule has 0 heterocycles. The van der Waals surface area contributed by atoms with Crippen molar-refractivity contribution in [3.63, 3.8) is 0 Å². The van der Waals surface area contributed by atoms with Crippen LogP contribution in [0.4, 0.5) is 0 Å². The van der Waals surface area contributed by atoms with E-state index in [1.165, 1.54) is 12.8 Å². The lowest BCUT2D eigenvalue weighted by Gasteiger charge is -2.27. The average Bonchev–Trinajstić information content (AvgIpc) is 3.18. The maximum atomic E-state index is 9.28. The molecular weight excluding hydrogens is 250 g/mol. The predicted molar refractivity (Wildman–Crippen MR) is 82.6 cm³/mol. The minimum atomic E-state index is -0.405. The van der Waals surface area contributed by atoms with E-state index in [4.69, 9.17) is 4.74 Å². The summed E-state index contributed by atoms with van der Waals surface area (Å²) in [6.45, 7) is 9.92. The highest BCUT2D eigenvalue weighted by atomic mass is 16.5. The van der Waals surface area contributed by atoms with Gasteiger partial charge in [0.1, 0.15) is 5.54 Å². The molecule has 0 bridgehead atoms. The maximum absolute atomic E-state index is 9.28. The molecule has 0 spiro atoms. The smallest absolute Gasteiger partial charge is 0.104 e. The molecule has 0 radical (unpaired) electrons. The van der Waals surface area contributed by atoms with Crippen molar-refractivity contribution in [1.82, 2.24) is 10.2 Å². The number of hydrogen-bond donors (Lipinski definition) is 1. The number of hydrogen-bond acceptors (Lipinski definition) is 4. The van der Waals surface area contributed by atoms with Gasteiger partial charge in [0.15, 0.2) is 0 Å². The first-order chi connectivity index (χ1) is 9.45. The lowest BCUT2D eigenvalue weighted by molar-refractivity contribution is 0.102. The Kier molecular flexibility index (Phi) is 7.50. The Morgan fingerprint density at radius 3 is 2.65 bits per heavy atom. The molecule has 1 saturated carbocycles. The zero-order valence-corrected chi connectivity index (χ0v) is 13.6. The number of nitrogens with one attached hydrogen (secondary N) is 1. The van der Waals surface area contributed by atoms with Gasteiger partial charge in [-0.15, -0.1) is 0 Å². The van der Waals surface area contributed by atoms with E-state index in [1.807, 2.05) is 6.92 Å². The Hall–Kier alpha value is -0.630. The molecule has 20 heavy (non-hydrogen) atoms. The Balaban J connectivity index is 2.06. The van der Waals surface area contributed by atoms with E-state index in [1.54, 1.807) is 0 Å². The van der Waals surface area contributed by atoms with Crippen molar-refractivity contribution in [1.29, 1.82) is 5.26 Å². The van der Waals surface area contributed by atoms with E-state index >= 15 is 0 Å². The van der Waals surface area contributed by atoms with Gasteiger partial charge in [-0.05, 0) is 66.0 Å². The van der Waals surface area contributed by atoms with Crippen LogP contribution in [0.1, 0.15) is 46.5 Å². The molecule has 0 saturated heterocycles. The molecule has 1 unspecified atom stereocenters. The molecule has 116 valence electrons. The molecule has 4 heteroatoms. The minimum absolute atomic E-state index is 0.341. The van der Waals surface area contributed by atoms with Gasteiger partial charge in [-0.2, -0.15) is 5.26 Å². The van der Waals surface area contributed by atoms with Crippen LogP contribution in [0.5, 0.6) is 0 Å². The van der Waals surface area contributed by atoms with Gasteiger partial charge in [-0.1, -0.05) is 0 Å². The van der Waals surface area contributed by atoms with E-state index in [-0.39, 0.29) is 0 Å². The molecule has 4 nitrogen and oxygen atoms in total. The van der Waals surface area contributed by atoms with Crippen LogP contribution in [0, 0.1) is 17.2 Å². The topological polar surface area (TPSA) is 48.3 Å². The molecule has 1 N–H and O–H groups in total. The molecule has 1 aliphatic carbocycles. The Morgan fingerprint density at radius 2 is 2.10 bits per heavy atom. The molecule has 1 aliphatic rings. The lowest BCUT2D eigenvalue weighted by atomic mass is 9.96. The largest absolute Gasteiger partial charge is 0.380 e. The standard InChI is InChI=1S/C16H31N3O/c1-14(2)18-16(3,13-17)8-5-9-19(4)10-11-20-12-15-6-7-15/h14-15,18H,5-12H2,1-4H3. The molecule has 0 aliphatic heterocycles. The number of ether oxygens (including phenoxy) is 1. The quantitative estimate of drug-likeness (QED) is 0.591. The number of rotatable bonds is 11. The Bertz CT molecular complexity index is 309. The van der Waals surface area contributed by atoms with Crippen molar-refractivity contribution in [3.8, 4) is 6.07 Å². The van der Waals surface area contributed by atoms with Gasteiger partial charge in [0.25, 0.3) is 0 Å². The van der Waals surface area contributed by atoms with E-state index < -0.39 is 5.54 Å². The fourth-order valence-corrected chi connectivity index (χ4v) is 2.37. The highest BCUT2D eigenvalue weighted by Crippen LogP contribution is 2.28. The SMILES string of the molecule is CC(C)NC(C)(C#N)CCCN(C)CCOCC1CC1. The van der Waals surface area contributed by atoms with Crippen molar-refractivity contribution in [3.05, 3.63) is 0 Å². The van der Waals surface area contributed by atoms with Gasteiger partial charge < -0.3 is 9.64 Å². The molecule has 0 aromatic carbocycles. The van der Waals surface area contributed by atoms with E-state index in [9.17, 15) is 5.26 Å². The molecular formula is C16H31N3O. The summed E-state index contributed by atoms with van der Waals surface area (Å²) >= 11 is 0. The van der Waals surface area contributed by atoms with E-state index in [2.05, 4.69) is 37.2 Å². The monoisotopic (exact) mass is 281 g/mol. The third-order valence-corrected chi connectivity index (χ3v) is 3.74. The fourth-order valence-electron chi connectivity index (χ4n) is 2.37. The first kappa shape index (κ1) is 17.4. The van der Waals surface area contributed by atoms with Crippen molar-refractivity contribution >= 4 is 0 Å². The summed E-state index contributed by atoms with van der Waals surface area (Å²) in [6.07, 6.45) is 4.62. The van der Waals surface area contributed by atoms with Crippen molar-refractivity contribution in [2.45, 2.75) is 58.0 Å². The highest BCUT2D eigenvalue weighted by molar-refractivity contribution is 5.04. The number of likely N-dealkylation sites (N-methyl/N-ethyl adjacent to an activating group) is 1. The van der Waals surface area contributed by atoms with Crippen LogP contribution in [0.2, 0.25) is 0 Å². The molecule has 0 amide bonds. The second-order valence-electron chi connectivity index (χ2n) is 6.67. The summed E-state index contributed by atoms with van der Waals surface area (Å²) in [4.78, 5) is 2.29. The van der Waals surface area contributed by atoms with Crippen molar-refractivity contribution in [2.24, 2.45) is 5.92 Å². The van der Waals surface area contributed by atoms with Crippen LogP contribution in [-0.4, -0.2) is 49.8 Å². The summed E-state index contributed by atoms with van der Waals surface area (Å²) in [5.74, 6) is 0.846. The van der Waals surface area contributed by atoms with Crippen LogP contribution in [0.15, 0.2) is 0 Å². The highest BCUT2D eigenvalue weighted by Gasteiger charge is 2.24. The van der Waals surface area contributed by atoms with Crippen LogP contribution >= 0.6 is 0 Å². The number of nitriles is 1. The Labute approximate surface area is 124 Å². The fraction of sp³-hybridized carbons (Fsp3) is 0.938. The van der Waals surface area contributed by atoms with Gasteiger partial charge in [-0.25, -0.2) is 0 Å². The molecule has 0 aromatic heterocycles. The van der Waals surface area contributed by atoms with E-state index in [0.29, 0.717) is 6.04 Å². The summed E-state index contributed by atoms with van der Waals surface area (Å²) in [5.41, 5.74) is -0.405. The van der Waals surface area contributed by atoms with Gasteiger partial charge in [0, 0.05) is 19.2 Å². The zero-order valence-electron chi connectivity index (χ0n) is 13.6. The predicted octanol–water partition coefficient (Wildman–Crippen LogP) is 2.41. The Morgan fingerprint density at radius 1 is 1.40 bits per heavy atom. The van der Waals surface area contributed by atoms with E-state index in [0.717, 1.165) is 45.1 Å². The first-order valence-corrected chi connectivity index (χ1v) is 7.90. The van der Waals surface area contributed by atoms with Crippen LogP contribution < -0.4 is 5.32 Å². The summed E-state index contributed by atoms with van der Waals surface area (Å²) in [6, 6.07) is 2.74. The maximum Gasteiger partial charge on any atom is 0.104 e. The van der Waals surface area contributed by atoms with Gasteiger partial charge in [-0.3, -0.25) is 5.32 Å². The molecule has 1 atom stereocenters. The normalized spacial score (nSPS) is 18.2. The zero-order chi connectivity index (χ0) is 15.0. The summed E-state index contributed by atoms with van der Waals surface area (Å²) in [7, 11) is 2.13. The van der Waals surface area contributed by atoms with Crippen LogP contribution in [0.3, 0.4) is 0 Å². The van der Waals surface area contributed by atoms with Crippen LogP contribution in [-0.2, 0) is 4.74 Å². The van der Waals surface area contributed by atoms with Crippen molar-refractivity contribution in [2.75, 3.05) is 33.4 Å². The average molecular weight is 281 g/mol. The third kappa shape index (κ3) is 7.84. The molecule has 1 fully saturated rings. The number of nitrogens with zero attached hydrogens (tertiary/aromatic N) is 2. The third-order valence-electron chi connectivity index (χ3n) is 3.74. The lowest BCUT2D eigenvalue weighted by Crippen LogP contribution is -2.45. The van der Waals surface area contributed by atoms with Crippen molar-refractivity contribution < 1.29 is 4.74 Å². The second kappa shape index (κ2) is 8.61. The first-order valence-electron chi connectivity index (χ1n) is 7.90. The van der Waals surface area contributed by atoms with Gasteiger partial charge >= 0.3 is 0 Å². The molecule has 0 aromatic rings. The summed E-state index contributed by atoms with van der Waals surface area (Å²) in [5, 5.41) is 12.6. The summed E-state index contributed by atoms with van der Waals surface area (Å²) < 4.78 is 5.64. The second-order valence-corrected chi connectivity index (χ2v) is 6.67. The molecule has 1 rings (SSSR count). The van der Waals surface area contributed by atoms with Gasteiger partial charge in [0.2, 0.25) is 0 Å². The minimum Gasteiger partial charge on any atom is -0.380 e. The van der Waals surface area contributed by atoms with Crippen LogP contribution in [0.25, 0.3) is 0 Å².